The van der Waals surface area contributed by atoms with Gasteiger partial charge >= 0.3 is 0 Å². The maximum Gasteiger partial charge on any atom is 0.144 e. The molecule has 0 spiro atoms. The maximum absolute atomic E-state index is 10.5. The van der Waals surface area contributed by atoms with Gasteiger partial charge < -0.3 is 15.8 Å². The number of aromatic hydroxyl groups is 1. The number of nitrogens with two attached hydrogens (primary N) is 1. The molecule has 3 N–H and O–H groups in total. The third-order valence-corrected chi connectivity index (χ3v) is 7.37. The summed E-state index contributed by atoms with van der Waals surface area (Å²) in [5.74, 6) is 6.38. The number of nitrogens with zero attached hydrogens (tertiary/aromatic N) is 3. The number of hydrogen-bond donors (Lipinski definition) is 2. The molecule has 1 aliphatic carbocycles. The van der Waals surface area contributed by atoms with E-state index in [0.717, 1.165) is 42.3 Å². The summed E-state index contributed by atoms with van der Waals surface area (Å²) in [6.07, 6.45) is 2.16. The topological polar surface area (TPSA) is 74.7 Å². The summed E-state index contributed by atoms with van der Waals surface area (Å²) in [4.78, 5) is 7.10. The van der Waals surface area contributed by atoms with Crippen molar-refractivity contribution in [3.05, 3.63) is 75.7 Å². The Morgan fingerprint density at radius 3 is 2.55 bits per heavy atom. The molecule has 0 bridgehead atoms. The molecule has 2 aromatic carbocycles. The monoisotopic (exact) mass is 434 g/mol. The van der Waals surface area contributed by atoms with Gasteiger partial charge in [0, 0.05) is 35.6 Å². The van der Waals surface area contributed by atoms with E-state index in [0.29, 0.717) is 17.2 Å². The van der Waals surface area contributed by atoms with Gasteiger partial charge in [0.15, 0.2) is 0 Å². The number of anilines is 1. The molecule has 0 amide bonds. The van der Waals surface area contributed by atoms with E-state index in [1.165, 1.54) is 16.9 Å². The highest BCUT2D eigenvalue weighted by atomic mass is 32.1. The molecule has 3 aromatic rings. The Kier molecular flexibility index (Phi) is 6.01. The second-order valence-electron chi connectivity index (χ2n) is 8.46. The Labute approximate surface area is 188 Å². The molecule has 0 aliphatic heterocycles. The predicted molar refractivity (Wildman–Crippen MR) is 129 cm³/mol. The molecule has 6 heteroatoms. The minimum atomic E-state index is 0.164. The van der Waals surface area contributed by atoms with Gasteiger partial charge in [-0.25, -0.2) is 4.98 Å². The fourth-order valence-corrected chi connectivity index (χ4v) is 5.54. The van der Waals surface area contributed by atoms with E-state index >= 15 is 0 Å². The first-order valence-electron chi connectivity index (χ1n) is 10.9. The largest absolute Gasteiger partial charge is 0.507 e. The number of benzene rings is 2. The summed E-state index contributed by atoms with van der Waals surface area (Å²) < 4.78 is 0. The molecule has 1 aliphatic rings. The van der Waals surface area contributed by atoms with Crippen molar-refractivity contribution in [3.63, 3.8) is 0 Å². The quantitative estimate of drug-likeness (QED) is 0.303. The van der Waals surface area contributed by atoms with Gasteiger partial charge in [-0.15, -0.1) is 11.3 Å². The number of phenolic OH excluding ortho intramolecular Hbond substituents is 1. The molecular formula is C25H30N4OS. The minimum Gasteiger partial charge on any atom is -0.507 e. The highest BCUT2D eigenvalue weighted by Gasteiger charge is 2.43. The second kappa shape index (κ2) is 8.71. The summed E-state index contributed by atoms with van der Waals surface area (Å²) in [5.41, 5.74) is 4.88. The van der Waals surface area contributed by atoms with Crippen LogP contribution in [0, 0.1) is 0 Å². The van der Waals surface area contributed by atoms with Gasteiger partial charge in [0.05, 0.1) is 5.69 Å². The third kappa shape index (κ3) is 4.04. The number of rotatable bonds is 7. The van der Waals surface area contributed by atoms with Crippen LogP contribution in [0.15, 0.2) is 59.0 Å². The van der Waals surface area contributed by atoms with Crippen LogP contribution in [0.4, 0.5) is 5.69 Å². The van der Waals surface area contributed by atoms with Crippen molar-refractivity contribution in [2.24, 2.45) is 10.9 Å². The average Bonchev–Trinajstić information content (AvgIpc) is 3.25. The van der Waals surface area contributed by atoms with Crippen molar-refractivity contribution >= 4 is 22.7 Å². The highest BCUT2D eigenvalue weighted by Crippen LogP contribution is 2.52. The molecule has 0 atom stereocenters. The van der Waals surface area contributed by atoms with Gasteiger partial charge in [0.25, 0.3) is 0 Å². The van der Waals surface area contributed by atoms with Gasteiger partial charge in [-0.1, -0.05) is 37.3 Å². The summed E-state index contributed by atoms with van der Waals surface area (Å²) in [6, 6.07) is 16.3. The molecule has 1 heterocycles. The van der Waals surface area contributed by atoms with Gasteiger partial charge in [-0.3, -0.25) is 0 Å². The van der Waals surface area contributed by atoms with Gasteiger partial charge in [0.1, 0.15) is 16.5 Å². The number of thiazole rings is 1. The summed E-state index contributed by atoms with van der Waals surface area (Å²) in [5, 5.41) is 17.4. The Balaban J connectivity index is 1.56. The Morgan fingerprint density at radius 1 is 1.19 bits per heavy atom. The molecule has 5 nitrogen and oxygen atoms in total. The van der Waals surface area contributed by atoms with E-state index in [1.807, 2.05) is 12.1 Å². The molecule has 0 saturated heterocycles. The van der Waals surface area contributed by atoms with E-state index < -0.39 is 0 Å². The summed E-state index contributed by atoms with van der Waals surface area (Å²) >= 11 is 1.54. The van der Waals surface area contributed by atoms with E-state index in [9.17, 15) is 5.11 Å². The van der Waals surface area contributed by atoms with Crippen LogP contribution >= 0.6 is 11.3 Å². The van der Waals surface area contributed by atoms with Crippen molar-refractivity contribution in [1.82, 2.24) is 4.98 Å². The van der Waals surface area contributed by atoms with Crippen molar-refractivity contribution in [2.45, 2.75) is 44.9 Å². The first kappa shape index (κ1) is 21.4. The number of hydrazone groups is 1. The zero-order chi connectivity index (χ0) is 22.0. The Morgan fingerprint density at radius 2 is 1.90 bits per heavy atom. The normalized spacial score (nSPS) is 21.0. The molecule has 1 aromatic heterocycles. The lowest BCUT2D eigenvalue weighted by Crippen LogP contribution is -2.37. The van der Waals surface area contributed by atoms with Crippen LogP contribution in [-0.2, 0) is 5.41 Å². The van der Waals surface area contributed by atoms with Gasteiger partial charge in [-0.05, 0) is 55.9 Å². The highest BCUT2D eigenvalue weighted by molar-refractivity contribution is 7.12. The third-order valence-electron chi connectivity index (χ3n) is 6.50. The van der Waals surface area contributed by atoms with Crippen LogP contribution in [-0.4, -0.2) is 28.9 Å². The summed E-state index contributed by atoms with van der Waals surface area (Å²) in [7, 11) is 0. The van der Waals surface area contributed by atoms with E-state index in [-0.39, 0.29) is 11.2 Å². The number of phenols is 1. The van der Waals surface area contributed by atoms with Crippen LogP contribution in [0.25, 0.3) is 0 Å². The zero-order valence-corrected chi connectivity index (χ0v) is 19.2. The summed E-state index contributed by atoms with van der Waals surface area (Å²) in [6.45, 7) is 8.33. The van der Waals surface area contributed by atoms with Crippen LogP contribution in [0.5, 0.6) is 5.75 Å². The van der Waals surface area contributed by atoms with Gasteiger partial charge in [0.2, 0.25) is 0 Å². The molecule has 0 unspecified atom stereocenters. The predicted octanol–water partition coefficient (Wildman–Crippen LogP) is 5.24. The zero-order valence-electron chi connectivity index (χ0n) is 18.4. The molecule has 0 radical (unpaired) electrons. The second-order valence-corrected chi connectivity index (χ2v) is 9.32. The standard InChI is InChI=1S/C25H30N4OS/c1-4-29(5-2)19-11-12-22(30)20(13-19)23(28-26)24-27-21(16-31-24)17-14-25(3,15-17)18-9-7-6-8-10-18/h6-13,16-17,30H,4-5,14-15,26H2,1-3H3. The average molecular weight is 435 g/mol. The Bertz CT molecular complexity index is 1070. The molecule has 162 valence electrons. The smallest absolute Gasteiger partial charge is 0.144 e. The van der Waals surface area contributed by atoms with Crippen molar-refractivity contribution in [2.75, 3.05) is 18.0 Å². The van der Waals surface area contributed by atoms with E-state index in [2.05, 4.69) is 66.5 Å². The van der Waals surface area contributed by atoms with Gasteiger partial charge in [-0.2, -0.15) is 5.10 Å². The van der Waals surface area contributed by atoms with Crippen molar-refractivity contribution < 1.29 is 5.11 Å². The lowest BCUT2D eigenvalue weighted by Gasteiger charge is -2.45. The lowest BCUT2D eigenvalue weighted by atomic mass is 9.59. The number of hydrogen-bond acceptors (Lipinski definition) is 6. The minimum absolute atomic E-state index is 0.164. The molecular weight excluding hydrogens is 404 g/mol. The number of aromatic nitrogens is 1. The maximum atomic E-state index is 10.5. The molecule has 31 heavy (non-hydrogen) atoms. The van der Waals surface area contributed by atoms with Crippen molar-refractivity contribution in [1.29, 1.82) is 0 Å². The van der Waals surface area contributed by atoms with Crippen molar-refractivity contribution in [3.8, 4) is 5.75 Å². The first-order valence-corrected chi connectivity index (χ1v) is 11.7. The first-order chi connectivity index (χ1) is 15.0. The molecule has 1 fully saturated rings. The van der Waals surface area contributed by atoms with Crippen LogP contribution < -0.4 is 10.7 Å². The Hall–Kier alpha value is -2.86. The molecule has 4 rings (SSSR count). The van der Waals surface area contributed by atoms with Crippen LogP contribution in [0.2, 0.25) is 0 Å². The van der Waals surface area contributed by atoms with Crippen LogP contribution in [0.1, 0.15) is 61.4 Å². The van der Waals surface area contributed by atoms with E-state index in [1.54, 1.807) is 6.07 Å². The van der Waals surface area contributed by atoms with E-state index in [4.69, 9.17) is 10.8 Å². The SMILES string of the molecule is CCN(CC)c1ccc(O)c(C(=NN)c2nc(C3CC(C)(c4ccccc4)C3)cs2)c1. The fraction of sp³-hybridized carbons (Fsp3) is 0.360. The lowest BCUT2D eigenvalue weighted by molar-refractivity contribution is 0.221. The fourth-order valence-electron chi connectivity index (χ4n) is 4.63. The van der Waals surface area contributed by atoms with Crippen LogP contribution in [0.3, 0.4) is 0 Å². The molecule has 1 saturated carbocycles.